The summed E-state index contributed by atoms with van der Waals surface area (Å²) in [7, 11) is 0. The second-order valence-electron chi connectivity index (χ2n) is 5.60. The molecule has 2 aromatic carbocycles. The molecule has 1 amide bonds. The van der Waals surface area contributed by atoms with Gasteiger partial charge in [-0.1, -0.05) is 29.8 Å². The highest BCUT2D eigenvalue weighted by molar-refractivity contribution is 6.30. The molecule has 6 heteroatoms. The van der Waals surface area contributed by atoms with Gasteiger partial charge in [0.05, 0.1) is 11.1 Å². The van der Waals surface area contributed by atoms with Gasteiger partial charge in [0.2, 0.25) is 5.91 Å². The van der Waals surface area contributed by atoms with Crippen LogP contribution < -0.4 is 10.9 Å². The summed E-state index contributed by atoms with van der Waals surface area (Å²) in [4.78, 5) is 24.8. The van der Waals surface area contributed by atoms with Crippen LogP contribution in [0.25, 0.3) is 10.8 Å². The summed E-state index contributed by atoms with van der Waals surface area (Å²) < 4.78 is 1.19. The Kier molecular flexibility index (Phi) is 4.36. The Balaban J connectivity index is 1.88. The Morgan fingerprint density at radius 1 is 1.17 bits per heavy atom. The second-order valence-corrected chi connectivity index (χ2v) is 6.04. The van der Waals surface area contributed by atoms with Gasteiger partial charge in [0.1, 0.15) is 6.54 Å². The first-order valence-electron chi connectivity index (χ1n) is 7.48. The van der Waals surface area contributed by atoms with Crippen LogP contribution in [0, 0.1) is 13.8 Å². The molecule has 0 atom stereocenters. The zero-order valence-corrected chi connectivity index (χ0v) is 14.1. The minimum Gasteiger partial charge on any atom is -0.324 e. The summed E-state index contributed by atoms with van der Waals surface area (Å²) in [5, 5.41) is 8.98. The minimum absolute atomic E-state index is 0.146. The number of anilines is 1. The summed E-state index contributed by atoms with van der Waals surface area (Å²) in [5.74, 6) is -0.315. The molecule has 0 spiro atoms. The SMILES string of the molecule is Cc1cc(Cl)ccc1NC(=O)Cn1nc(C)c2ccccc2c1=O. The Bertz CT molecular complexity index is 995. The average Bonchev–Trinajstić information content (AvgIpc) is 2.55. The number of fused-ring (bicyclic) bond motifs is 1. The number of hydrogen-bond donors (Lipinski definition) is 1. The van der Waals surface area contributed by atoms with Crippen LogP contribution >= 0.6 is 11.6 Å². The topological polar surface area (TPSA) is 64.0 Å². The van der Waals surface area contributed by atoms with Crippen molar-refractivity contribution in [2.24, 2.45) is 0 Å². The maximum Gasteiger partial charge on any atom is 0.275 e. The Hall–Kier alpha value is -2.66. The van der Waals surface area contributed by atoms with Gasteiger partial charge in [0.15, 0.2) is 0 Å². The van der Waals surface area contributed by atoms with Crippen LogP contribution in [0.4, 0.5) is 5.69 Å². The Morgan fingerprint density at radius 2 is 1.88 bits per heavy atom. The number of nitrogens with one attached hydrogen (secondary N) is 1. The standard InChI is InChI=1S/C18H16ClN3O2/c1-11-9-13(19)7-8-16(11)20-17(23)10-22-18(24)15-6-4-3-5-14(15)12(2)21-22/h3-9H,10H2,1-2H3,(H,20,23). The Morgan fingerprint density at radius 3 is 2.58 bits per heavy atom. The highest BCUT2D eigenvalue weighted by Gasteiger charge is 2.11. The van der Waals surface area contributed by atoms with Crippen LogP contribution in [0.3, 0.4) is 0 Å². The molecule has 0 bridgehead atoms. The number of amides is 1. The summed E-state index contributed by atoms with van der Waals surface area (Å²) in [5.41, 5.74) is 1.95. The monoisotopic (exact) mass is 341 g/mol. The number of hydrogen-bond acceptors (Lipinski definition) is 3. The van der Waals surface area contributed by atoms with Gasteiger partial charge in [-0.25, -0.2) is 4.68 Å². The van der Waals surface area contributed by atoms with Crippen molar-refractivity contribution in [3.05, 3.63) is 69.1 Å². The van der Waals surface area contributed by atoms with Gasteiger partial charge in [-0.2, -0.15) is 5.10 Å². The zero-order chi connectivity index (χ0) is 17.3. The van der Waals surface area contributed by atoms with Crippen molar-refractivity contribution in [2.75, 3.05) is 5.32 Å². The first-order valence-corrected chi connectivity index (χ1v) is 7.86. The second kappa shape index (κ2) is 6.45. The fourth-order valence-corrected chi connectivity index (χ4v) is 2.83. The molecule has 3 rings (SSSR count). The summed E-state index contributed by atoms with van der Waals surface area (Å²) in [6, 6.07) is 12.4. The smallest absolute Gasteiger partial charge is 0.275 e. The molecule has 0 aliphatic carbocycles. The normalized spacial score (nSPS) is 10.8. The van der Waals surface area contributed by atoms with Crippen molar-refractivity contribution >= 4 is 34.0 Å². The van der Waals surface area contributed by atoms with Crippen molar-refractivity contribution < 1.29 is 4.79 Å². The molecule has 5 nitrogen and oxygen atoms in total. The van der Waals surface area contributed by atoms with Crippen molar-refractivity contribution in [1.29, 1.82) is 0 Å². The molecule has 1 N–H and O–H groups in total. The first-order chi connectivity index (χ1) is 11.5. The van der Waals surface area contributed by atoms with Crippen molar-refractivity contribution in [3.8, 4) is 0 Å². The van der Waals surface area contributed by atoms with Gasteiger partial charge in [-0.3, -0.25) is 9.59 Å². The number of aryl methyl sites for hydroxylation is 2. The molecular weight excluding hydrogens is 326 g/mol. The number of halogens is 1. The van der Waals surface area contributed by atoms with Gasteiger partial charge in [-0.15, -0.1) is 0 Å². The highest BCUT2D eigenvalue weighted by atomic mass is 35.5. The lowest BCUT2D eigenvalue weighted by atomic mass is 10.1. The van der Waals surface area contributed by atoms with Gasteiger partial charge in [-0.05, 0) is 43.7 Å². The predicted molar refractivity (Wildman–Crippen MR) is 95.6 cm³/mol. The van der Waals surface area contributed by atoms with Crippen LogP contribution in [0.1, 0.15) is 11.3 Å². The van der Waals surface area contributed by atoms with Crippen LogP contribution in [0.5, 0.6) is 0 Å². The van der Waals surface area contributed by atoms with E-state index in [0.29, 0.717) is 21.8 Å². The third-order valence-corrected chi connectivity index (χ3v) is 4.04. The lowest BCUT2D eigenvalue weighted by molar-refractivity contribution is -0.117. The predicted octanol–water partition coefficient (Wildman–Crippen LogP) is 3.31. The molecule has 0 saturated heterocycles. The fraction of sp³-hybridized carbons (Fsp3) is 0.167. The molecule has 0 unspecified atom stereocenters. The third kappa shape index (κ3) is 3.16. The van der Waals surface area contributed by atoms with Gasteiger partial charge in [0.25, 0.3) is 5.56 Å². The number of benzene rings is 2. The maximum atomic E-state index is 12.5. The number of carbonyl (C=O) groups is 1. The van der Waals surface area contributed by atoms with E-state index < -0.39 is 0 Å². The highest BCUT2D eigenvalue weighted by Crippen LogP contribution is 2.19. The molecule has 0 aliphatic heterocycles. The third-order valence-electron chi connectivity index (χ3n) is 3.81. The van der Waals surface area contributed by atoms with E-state index in [1.807, 2.05) is 26.0 Å². The first kappa shape index (κ1) is 16.2. The number of aromatic nitrogens is 2. The van der Waals surface area contributed by atoms with E-state index in [4.69, 9.17) is 11.6 Å². The van der Waals surface area contributed by atoms with Crippen LogP contribution in [0.2, 0.25) is 5.02 Å². The van der Waals surface area contributed by atoms with Crippen molar-refractivity contribution in [1.82, 2.24) is 9.78 Å². The molecule has 1 aromatic heterocycles. The number of rotatable bonds is 3. The lowest BCUT2D eigenvalue weighted by Crippen LogP contribution is -2.30. The van der Waals surface area contributed by atoms with Gasteiger partial charge < -0.3 is 5.32 Å². The minimum atomic E-state index is -0.315. The average molecular weight is 342 g/mol. The molecule has 0 saturated carbocycles. The molecule has 0 aliphatic rings. The van der Waals surface area contributed by atoms with Crippen LogP contribution in [0.15, 0.2) is 47.3 Å². The Labute approximate surface area is 143 Å². The molecule has 0 radical (unpaired) electrons. The summed E-state index contributed by atoms with van der Waals surface area (Å²) in [6.45, 7) is 3.53. The van der Waals surface area contributed by atoms with Gasteiger partial charge >= 0.3 is 0 Å². The van der Waals surface area contributed by atoms with E-state index in [9.17, 15) is 9.59 Å². The largest absolute Gasteiger partial charge is 0.324 e. The summed E-state index contributed by atoms with van der Waals surface area (Å²) in [6.07, 6.45) is 0. The molecule has 122 valence electrons. The van der Waals surface area contributed by atoms with Crippen molar-refractivity contribution in [2.45, 2.75) is 20.4 Å². The lowest BCUT2D eigenvalue weighted by Gasteiger charge is -2.11. The van der Waals surface area contributed by atoms with Crippen LogP contribution in [-0.4, -0.2) is 15.7 Å². The molecule has 24 heavy (non-hydrogen) atoms. The van der Waals surface area contributed by atoms with Crippen molar-refractivity contribution in [3.63, 3.8) is 0 Å². The molecule has 0 fully saturated rings. The van der Waals surface area contributed by atoms with E-state index in [1.54, 1.807) is 30.3 Å². The van der Waals surface area contributed by atoms with E-state index in [1.165, 1.54) is 4.68 Å². The number of carbonyl (C=O) groups excluding carboxylic acids is 1. The number of nitrogens with zero attached hydrogens (tertiary/aromatic N) is 2. The van der Waals surface area contributed by atoms with Crippen LogP contribution in [-0.2, 0) is 11.3 Å². The molecule has 3 aromatic rings. The molecular formula is C18H16ClN3O2. The van der Waals surface area contributed by atoms with Gasteiger partial charge in [0, 0.05) is 16.1 Å². The van der Waals surface area contributed by atoms with E-state index in [-0.39, 0.29) is 18.0 Å². The van der Waals surface area contributed by atoms with E-state index in [0.717, 1.165) is 10.9 Å². The quantitative estimate of drug-likeness (QED) is 0.795. The van der Waals surface area contributed by atoms with E-state index in [2.05, 4.69) is 10.4 Å². The van der Waals surface area contributed by atoms with E-state index >= 15 is 0 Å². The summed E-state index contributed by atoms with van der Waals surface area (Å²) >= 11 is 5.91. The fourth-order valence-electron chi connectivity index (χ4n) is 2.60. The maximum absolute atomic E-state index is 12.5. The molecule has 1 heterocycles. The zero-order valence-electron chi connectivity index (χ0n) is 13.3.